The summed E-state index contributed by atoms with van der Waals surface area (Å²) in [6.45, 7) is 3.02. The lowest BCUT2D eigenvalue weighted by Gasteiger charge is -2.20. The molecule has 2 rings (SSSR count). The van der Waals surface area contributed by atoms with Gasteiger partial charge in [-0.25, -0.2) is 4.79 Å². The Morgan fingerprint density at radius 1 is 1.47 bits per heavy atom. The van der Waals surface area contributed by atoms with Gasteiger partial charge in [-0.1, -0.05) is 19.8 Å². The van der Waals surface area contributed by atoms with Crippen LogP contribution in [0.1, 0.15) is 32.1 Å². The van der Waals surface area contributed by atoms with Gasteiger partial charge in [0, 0.05) is 12.6 Å². The second kappa shape index (κ2) is 9.46. The number of terminal acetylenes is 1. The van der Waals surface area contributed by atoms with Gasteiger partial charge < -0.3 is 19.9 Å². The Labute approximate surface area is 169 Å². The Morgan fingerprint density at radius 2 is 2.13 bits per heavy atom. The van der Waals surface area contributed by atoms with Crippen molar-refractivity contribution in [2.24, 2.45) is 11.7 Å². The van der Waals surface area contributed by atoms with Crippen molar-refractivity contribution >= 4 is 5.97 Å². The number of hydrogen-bond donors (Lipinski definition) is 2. The highest BCUT2D eigenvalue weighted by Crippen LogP contribution is 2.32. The molecule has 30 heavy (non-hydrogen) atoms. The number of esters is 1. The summed E-state index contributed by atoms with van der Waals surface area (Å²) in [5.74, 6) is 1.38. The van der Waals surface area contributed by atoms with Crippen LogP contribution in [0.4, 0.5) is 13.2 Å². The molecule has 2 heterocycles. The molecule has 0 radical (unpaired) electrons. The van der Waals surface area contributed by atoms with Gasteiger partial charge in [0.25, 0.3) is 5.56 Å². The van der Waals surface area contributed by atoms with E-state index in [-0.39, 0.29) is 25.6 Å². The fourth-order valence-electron chi connectivity index (χ4n) is 2.79. The van der Waals surface area contributed by atoms with Gasteiger partial charge in [0.05, 0.1) is 6.10 Å². The minimum absolute atomic E-state index is 0.0661. The number of aromatic nitrogens is 2. The number of alkyl halides is 3. The van der Waals surface area contributed by atoms with Crippen LogP contribution in [0, 0.1) is 18.3 Å². The SMILES string of the molecule is C#CCO[C@H]1C[C@H](n2cc(C(F)(F)F)c(=O)[nH]c2=O)O[C@@H]1COC(=O)[C@H](N)C(C)C. The van der Waals surface area contributed by atoms with Crippen LogP contribution in [0.2, 0.25) is 0 Å². The zero-order valence-corrected chi connectivity index (χ0v) is 16.3. The summed E-state index contributed by atoms with van der Waals surface area (Å²) in [4.78, 5) is 37.1. The molecule has 1 aromatic heterocycles. The summed E-state index contributed by atoms with van der Waals surface area (Å²) < 4.78 is 55.8. The molecule has 9 nitrogen and oxygen atoms in total. The highest BCUT2D eigenvalue weighted by molar-refractivity contribution is 5.75. The molecule has 4 atom stereocenters. The molecular weight excluding hydrogens is 411 g/mol. The summed E-state index contributed by atoms with van der Waals surface area (Å²) in [7, 11) is 0. The second-order valence-electron chi connectivity index (χ2n) is 7.03. The quantitative estimate of drug-likeness (QED) is 0.471. The van der Waals surface area contributed by atoms with Crippen LogP contribution in [-0.4, -0.2) is 47.0 Å². The molecule has 1 saturated heterocycles. The number of ether oxygens (including phenoxy) is 3. The molecule has 0 spiro atoms. The maximum absolute atomic E-state index is 13.0. The van der Waals surface area contributed by atoms with Crippen LogP contribution in [-0.2, 0) is 25.2 Å². The summed E-state index contributed by atoms with van der Waals surface area (Å²) in [6.07, 6.45) is -2.39. The first-order valence-electron chi connectivity index (χ1n) is 9.01. The normalized spacial score (nSPS) is 22.7. The van der Waals surface area contributed by atoms with Gasteiger partial charge >= 0.3 is 17.8 Å². The van der Waals surface area contributed by atoms with Crippen molar-refractivity contribution in [3.63, 3.8) is 0 Å². The molecule has 0 unspecified atom stereocenters. The van der Waals surface area contributed by atoms with E-state index in [4.69, 9.17) is 26.4 Å². The topological polar surface area (TPSA) is 126 Å². The van der Waals surface area contributed by atoms with E-state index in [0.717, 1.165) is 0 Å². The number of nitrogens with one attached hydrogen (secondary N) is 1. The van der Waals surface area contributed by atoms with Crippen LogP contribution < -0.4 is 17.0 Å². The van der Waals surface area contributed by atoms with Crippen molar-refractivity contribution in [3.05, 3.63) is 32.6 Å². The van der Waals surface area contributed by atoms with Gasteiger partial charge in [-0.3, -0.25) is 19.1 Å². The summed E-state index contributed by atoms with van der Waals surface area (Å²) in [5, 5.41) is 0. The number of nitrogens with two attached hydrogens (primary N) is 1. The molecule has 12 heteroatoms. The van der Waals surface area contributed by atoms with Crippen LogP contribution in [0.25, 0.3) is 0 Å². The van der Waals surface area contributed by atoms with Gasteiger partial charge in [-0.15, -0.1) is 6.42 Å². The van der Waals surface area contributed by atoms with Crippen molar-refractivity contribution in [1.82, 2.24) is 9.55 Å². The first-order chi connectivity index (χ1) is 14.0. The van der Waals surface area contributed by atoms with Crippen molar-refractivity contribution in [3.8, 4) is 12.3 Å². The van der Waals surface area contributed by atoms with Crippen LogP contribution >= 0.6 is 0 Å². The average Bonchev–Trinajstić information content (AvgIpc) is 3.05. The smallest absolute Gasteiger partial charge is 0.423 e. The number of H-pyrrole nitrogens is 1. The van der Waals surface area contributed by atoms with E-state index >= 15 is 0 Å². The predicted octanol–water partition coefficient (Wildman–Crippen LogP) is 0.388. The standard InChI is InChI=1S/C18H22F3N3O6/c1-4-5-28-11-6-13(30-12(11)8-29-16(26)14(22)9(2)3)24-7-10(18(19,20)21)15(25)23-17(24)27/h1,7,9,11-14H,5-6,8,22H2,2-3H3,(H,23,25,27)/t11-,12+,13+,14+/m0/s1. The van der Waals surface area contributed by atoms with Crippen LogP contribution in [0.3, 0.4) is 0 Å². The van der Waals surface area contributed by atoms with Gasteiger partial charge in [-0.2, -0.15) is 13.2 Å². The lowest BCUT2D eigenvalue weighted by Crippen LogP contribution is -2.39. The van der Waals surface area contributed by atoms with E-state index < -0.39 is 53.4 Å². The van der Waals surface area contributed by atoms with Crippen molar-refractivity contribution in [2.75, 3.05) is 13.2 Å². The third-order valence-electron chi connectivity index (χ3n) is 4.52. The highest BCUT2D eigenvalue weighted by atomic mass is 19.4. The summed E-state index contributed by atoms with van der Waals surface area (Å²) >= 11 is 0. The van der Waals surface area contributed by atoms with E-state index in [1.165, 1.54) is 0 Å². The summed E-state index contributed by atoms with van der Waals surface area (Å²) in [5.41, 5.74) is 1.51. The maximum Gasteiger partial charge on any atom is 0.423 e. The van der Waals surface area contributed by atoms with Gasteiger partial charge in [0.15, 0.2) is 0 Å². The molecule has 0 aromatic carbocycles. The monoisotopic (exact) mass is 433 g/mol. The minimum atomic E-state index is -4.97. The Morgan fingerprint density at radius 3 is 2.70 bits per heavy atom. The number of halogens is 3. The molecule has 1 aliphatic rings. The maximum atomic E-state index is 13.0. The molecule has 0 bridgehead atoms. The molecule has 0 saturated carbocycles. The average molecular weight is 433 g/mol. The Hall–Kier alpha value is -2.62. The minimum Gasteiger partial charge on any atom is -0.462 e. The van der Waals surface area contributed by atoms with Crippen molar-refractivity contribution in [1.29, 1.82) is 0 Å². The number of hydrogen-bond acceptors (Lipinski definition) is 7. The molecule has 1 aliphatic heterocycles. The van der Waals surface area contributed by atoms with E-state index in [9.17, 15) is 27.6 Å². The first kappa shape index (κ1) is 23.7. The lowest BCUT2D eigenvalue weighted by atomic mass is 10.1. The zero-order valence-electron chi connectivity index (χ0n) is 16.3. The van der Waals surface area contributed by atoms with Crippen molar-refractivity contribution in [2.45, 2.75) is 50.9 Å². The first-order valence-corrected chi connectivity index (χ1v) is 9.01. The molecule has 3 N–H and O–H groups in total. The molecule has 166 valence electrons. The number of rotatable bonds is 7. The molecule has 1 fully saturated rings. The van der Waals surface area contributed by atoms with Crippen LogP contribution in [0.15, 0.2) is 15.8 Å². The van der Waals surface area contributed by atoms with Gasteiger partial charge in [-0.05, 0) is 5.92 Å². The van der Waals surface area contributed by atoms with E-state index in [0.29, 0.717) is 10.8 Å². The number of aromatic amines is 1. The number of carbonyl (C=O) groups is 1. The predicted molar refractivity (Wildman–Crippen MR) is 97.2 cm³/mol. The highest BCUT2D eigenvalue weighted by Gasteiger charge is 2.41. The van der Waals surface area contributed by atoms with E-state index in [2.05, 4.69) is 5.92 Å². The summed E-state index contributed by atoms with van der Waals surface area (Å²) in [6, 6.07) is -0.872. The van der Waals surface area contributed by atoms with Gasteiger partial charge in [0.2, 0.25) is 0 Å². The Bertz CT molecular complexity index is 917. The lowest BCUT2D eigenvalue weighted by molar-refractivity contribution is -0.153. The zero-order chi connectivity index (χ0) is 22.6. The van der Waals surface area contributed by atoms with E-state index in [1.54, 1.807) is 18.8 Å². The number of nitrogens with zero attached hydrogens (tertiary/aromatic N) is 1. The van der Waals surface area contributed by atoms with E-state index in [1.807, 2.05) is 0 Å². The van der Waals surface area contributed by atoms with Crippen LogP contribution in [0.5, 0.6) is 0 Å². The Kier molecular flexibility index (Phi) is 7.46. The fraction of sp³-hybridized carbons (Fsp3) is 0.611. The largest absolute Gasteiger partial charge is 0.462 e. The molecule has 0 aliphatic carbocycles. The number of carbonyl (C=O) groups excluding carboxylic acids is 1. The Balaban J connectivity index is 2.23. The van der Waals surface area contributed by atoms with Gasteiger partial charge in [0.1, 0.15) is 37.2 Å². The van der Waals surface area contributed by atoms with Crippen molar-refractivity contribution < 1.29 is 32.2 Å². The third kappa shape index (κ3) is 5.50. The third-order valence-corrected chi connectivity index (χ3v) is 4.52. The fourth-order valence-corrected chi connectivity index (χ4v) is 2.79. The molecular formula is C18H22F3N3O6. The molecule has 0 amide bonds. The molecule has 1 aromatic rings. The second-order valence-corrected chi connectivity index (χ2v) is 7.03.